The van der Waals surface area contributed by atoms with Gasteiger partial charge in [0, 0.05) is 12.8 Å². The van der Waals surface area contributed by atoms with Gasteiger partial charge in [-0.1, -0.05) is 0 Å². The molecule has 1 aromatic heterocycles. The molecule has 0 atom stereocenters. The maximum Gasteiger partial charge on any atom is 0.316 e. The van der Waals surface area contributed by atoms with Crippen molar-refractivity contribution >= 4 is 33.2 Å². The van der Waals surface area contributed by atoms with Gasteiger partial charge in [-0.05, 0) is 31.2 Å². The van der Waals surface area contributed by atoms with Crippen molar-refractivity contribution in [3.63, 3.8) is 0 Å². The van der Waals surface area contributed by atoms with E-state index in [-0.39, 0.29) is 41.2 Å². The van der Waals surface area contributed by atoms with Gasteiger partial charge in [0.1, 0.15) is 0 Å². The van der Waals surface area contributed by atoms with Crippen LogP contribution in [0.4, 0.5) is 11.4 Å². The molecule has 0 bridgehead atoms. The largest absolute Gasteiger partial charge is 0.464 e. The molecule has 1 aromatic carbocycles. The lowest BCUT2D eigenvalue weighted by Gasteiger charge is -2.14. The molecule has 2 aromatic rings. The Labute approximate surface area is 150 Å². The van der Waals surface area contributed by atoms with Crippen molar-refractivity contribution in [2.75, 3.05) is 16.2 Å². The first kappa shape index (κ1) is 17.8. The van der Waals surface area contributed by atoms with Crippen molar-refractivity contribution in [2.45, 2.75) is 24.7 Å². The number of nitrogens with one attached hydrogen (secondary N) is 1. The molecule has 26 heavy (non-hydrogen) atoms. The Morgan fingerprint density at radius 2 is 1.65 bits per heavy atom. The van der Waals surface area contributed by atoms with E-state index in [4.69, 9.17) is 4.74 Å². The molecule has 1 N–H and O–H groups in total. The minimum atomic E-state index is -3.86. The van der Waals surface area contributed by atoms with Crippen LogP contribution in [0.25, 0.3) is 0 Å². The van der Waals surface area contributed by atoms with Crippen molar-refractivity contribution in [1.82, 2.24) is 9.97 Å². The van der Waals surface area contributed by atoms with E-state index >= 15 is 0 Å². The molecule has 136 valence electrons. The van der Waals surface area contributed by atoms with E-state index in [1.54, 1.807) is 6.92 Å². The van der Waals surface area contributed by atoms with Crippen molar-refractivity contribution in [1.29, 1.82) is 0 Å². The highest BCUT2D eigenvalue weighted by Gasteiger charge is 2.30. The molecule has 0 spiro atoms. The number of rotatable bonds is 6. The number of aromatic nitrogens is 2. The number of carbonyl (C=O) groups is 2. The normalized spacial score (nSPS) is 14.6. The lowest BCUT2D eigenvalue weighted by atomic mass is 10.3. The Kier molecular flexibility index (Phi) is 4.85. The Balaban J connectivity index is 1.77. The van der Waals surface area contributed by atoms with Gasteiger partial charge in [-0.15, -0.1) is 0 Å². The molecule has 2 amide bonds. The number of ether oxygens (including phenoxy) is 1. The third-order valence-corrected chi connectivity index (χ3v) is 5.01. The predicted octanol–water partition coefficient (Wildman–Crippen LogP) is 1.33. The summed E-state index contributed by atoms with van der Waals surface area (Å²) in [6, 6.07) is 5.65. The summed E-state index contributed by atoms with van der Waals surface area (Å²) in [4.78, 5) is 32.3. The van der Waals surface area contributed by atoms with Gasteiger partial charge in [0.15, 0.2) is 0 Å². The van der Waals surface area contributed by atoms with Crippen LogP contribution in [0.2, 0.25) is 0 Å². The van der Waals surface area contributed by atoms with Gasteiger partial charge in [-0.2, -0.15) is 0 Å². The fourth-order valence-electron chi connectivity index (χ4n) is 2.43. The molecule has 2 heterocycles. The second-order valence-electron chi connectivity index (χ2n) is 5.41. The zero-order chi connectivity index (χ0) is 18.7. The number of amides is 2. The van der Waals surface area contributed by atoms with Crippen molar-refractivity contribution in [3.05, 3.63) is 36.7 Å². The van der Waals surface area contributed by atoms with Crippen LogP contribution in [-0.2, 0) is 19.6 Å². The minimum Gasteiger partial charge on any atom is -0.464 e. The first-order chi connectivity index (χ1) is 12.4. The van der Waals surface area contributed by atoms with E-state index in [1.165, 1.54) is 36.7 Å². The second-order valence-corrected chi connectivity index (χ2v) is 7.09. The average Bonchev–Trinajstić information content (AvgIpc) is 2.95. The van der Waals surface area contributed by atoms with Crippen LogP contribution in [0.1, 0.15) is 19.8 Å². The first-order valence-corrected chi connectivity index (χ1v) is 9.32. The molecule has 3 rings (SSSR count). The fraction of sp³-hybridized carbons (Fsp3) is 0.250. The molecule has 0 saturated carbocycles. The van der Waals surface area contributed by atoms with E-state index in [1.807, 2.05) is 0 Å². The van der Waals surface area contributed by atoms with Crippen LogP contribution >= 0.6 is 0 Å². The number of hydrogen-bond acceptors (Lipinski definition) is 7. The predicted molar refractivity (Wildman–Crippen MR) is 92.2 cm³/mol. The van der Waals surface area contributed by atoms with Gasteiger partial charge in [0.25, 0.3) is 10.0 Å². The van der Waals surface area contributed by atoms with Crippen LogP contribution in [0.5, 0.6) is 6.01 Å². The summed E-state index contributed by atoms with van der Waals surface area (Å²) in [5, 5.41) is 0. The Hall–Kier alpha value is -3.01. The zero-order valence-electron chi connectivity index (χ0n) is 13.9. The highest BCUT2D eigenvalue weighted by atomic mass is 32.2. The van der Waals surface area contributed by atoms with Crippen LogP contribution in [0.15, 0.2) is 41.6 Å². The number of carbonyl (C=O) groups excluding carboxylic acids is 2. The first-order valence-electron chi connectivity index (χ1n) is 7.84. The molecular formula is C16H16N4O5S. The molecular weight excluding hydrogens is 360 g/mol. The number of hydrogen-bond donors (Lipinski definition) is 1. The summed E-state index contributed by atoms with van der Waals surface area (Å²) in [7, 11) is -3.86. The van der Waals surface area contributed by atoms with Gasteiger partial charge in [0.05, 0.1) is 35.3 Å². The van der Waals surface area contributed by atoms with Crippen LogP contribution in [0, 0.1) is 0 Å². The quantitative estimate of drug-likeness (QED) is 0.755. The highest BCUT2D eigenvalue weighted by Crippen LogP contribution is 2.24. The van der Waals surface area contributed by atoms with E-state index in [0.29, 0.717) is 12.3 Å². The van der Waals surface area contributed by atoms with Crippen molar-refractivity contribution in [3.8, 4) is 6.01 Å². The average molecular weight is 376 g/mol. The maximum atomic E-state index is 12.4. The maximum absolute atomic E-state index is 12.4. The molecule has 1 aliphatic heterocycles. The molecule has 1 fully saturated rings. The molecule has 1 aliphatic rings. The third-order valence-electron chi connectivity index (χ3n) is 3.61. The smallest absolute Gasteiger partial charge is 0.316 e. The summed E-state index contributed by atoms with van der Waals surface area (Å²) in [6.45, 7) is 2.19. The number of nitrogens with zero attached hydrogens (tertiary/aromatic N) is 3. The monoisotopic (exact) mass is 376 g/mol. The zero-order valence-corrected chi connectivity index (χ0v) is 14.7. The standard InChI is InChI=1S/C16H16N4O5S/c1-2-25-16-17-9-11(10-18-16)19-26(23,24)13-5-3-12(4-6-13)20-14(21)7-8-15(20)22/h3-6,9-10,19H,2,7-8H2,1H3. The summed E-state index contributed by atoms with van der Waals surface area (Å²) in [6.07, 6.45) is 2.92. The molecule has 10 heteroatoms. The van der Waals surface area contributed by atoms with Crippen LogP contribution < -0.4 is 14.4 Å². The van der Waals surface area contributed by atoms with E-state index in [9.17, 15) is 18.0 Å². The lowest BCUT2D eigenvalue weighted by Crippen LogP contribution is -2.28. The second kappa shape index (κ2) is 7.08. The Morgan fingerprint density at radius 1 is 1.08 bits per heavy atom. The molecule has 0 aliphatic carbocycles. The molecule has 9 nitrogen and oxygen atoms in total. The number of sulfonamides is 1. The van der Waals surface area contributed by atoms with E-state index in [0.717, 1.165) is 4.90 Å². The van der Waals surface area contributed by atoms with Crippen molar-refractivity contribution in [2.24, 2.45) is 0 Å². The molecule has 1 saturated heterocycles. The van der Waals surface area contributed by atoms with E-state index in [2.05, 4.69) is 14.7 Å². The number of imide groups is 1. The van der Waals surface area contributed by atoms with Gasteiger partial charge < -0.3 is 4.74 Å². The van der Waals surface area contributed by atoms with Gasteiger partial charge >= 0.3 is 6.01 Å². The summed E-state index contributed by atoms with van der Waals surface area (Å²) >= 11 is 0. The Morgan fingerprint density at radius 3 is 2.19 bits per heavy atom. The molecule has 0 radical (unpaired) electrons. The topological polar surface area (TPSA) is 119 Å². The summed E-state index contributed by atoms with van der Waals surface area (Å²) in [5.74, 6) is -0.592. The van der Waals surface area contributed by atoms with E-state index < -0.39 is 10.0 Å². The SMILES string of the molecule is CCOc1ncc(NS(=O)(=O)c2ccc(N3C(=O)CCC3=O)cc2)cn1. The Bertz CT molecular complexity index is 910. The van der Waals surface area contributed by atoms with Gasteiger partial charge in [-0.25, -0.2) is 18.4 Å². The number of benzene rings is 1. The lowest BCUT2D eigenvalue weighted by molar-refractivity contribution is -0.121. The highest BCUT2D eigenvalue weighted by molar-refractivity contribution is 7.92. The fourth-order valence-corrected chi connectivity index (χ4v) is 3.45. The van der Waals surface area contributed by atoms with Crippen LogP contribution in [-0.4, -0.2) is 36.8 Å². The summed E-state index contributed by atoms with van der Waals surface area (Å²) in [5.41, 5.74) is 0.531. The molecule has 0 unspecified atom stereocenters. The minimum absolute atomic E-state index is 0.0192. The summed E-state index contributed by atoms with van der Waals surface area (Å²) < 4.78 is 32.3. The van der Waals surface area contributed by atoms with Crippen LogP contribution in [0.3, 0.4) is 0 Å². The van der Waals surface area contributed by atoms with Gasteiger partial charge in [0.2, 0.25) is 11.8 Å². The van der Waals surface area contributed by atoms with Crippen molar-refractivity contribution < 1.29 is 22.7 Å². The third kappa shape index (κ3) is 3.64. The number of anilines is 2. The van der Waals surface area contributed by atoms with Gasteiger partial charge in [-0.3, -0.25) is 19.2 Å².